The fourth-order valence-electron chi connectivity index (χ4n) is 3.75. The molecule has 29 heavy (non-hydrogen) atoms. The molecule has 1 fully saturated rings. The van der Waals surface area contributed by atoms with E-state index in [-0.39, 0.29) is 6.10 Å². The number of hydrogen-bond donors (Lipinski definition) is 2. The van der Waals surface area contributed by atoms with Crippen LogP contribution in [0.3, 0.4) is 0 Å². The molecule has 1 saturated heterocycles. The Bertz CT molecular complexity index is 599. The van der Waals surface area contributed by atoms with Crippen LogP contribution >= 0.6 is 0 Å². The number of aromatic nitrogens is 2. The summed E-state index contributed by atoms with van der Waals surface area (Å²) in [7, 11) is 1.77. The molecule has 2 N–H and O–H groups in total. The van der Waals surface area contributed by atoms with Crippen LogP contribution in [-0.2, 0) is 16.0 Å². The molecule has 0 bridgehead atoms. The van der Waals surface area contributed by atoms with Gasteiger partial charge in [-0.2, -0.15) is 4.98 Å². The Morgan fingerprint density at radius 3 is 2.55 bits per heavy atom. The lowest BCUT2D eigenvalue weighted by molar-refractivity contribution is 0.00272. The Morgan fingerprint density at radius 1 is 1.21 bits per heavy atom. The predicted molar refractivity (Wildman–Crippen MR) is 113 cm³/mol. The Hall–Kier alpha value is -1.71. The van der Waals surface area contributed by atoms with Crippen LogP contribution in [0.2, 0.25) is 0 Å². The van der Waals surface area contributed by atoms with Gasteiger partial charge in [-0.3, -0.25) is 9.89 Å². The molecule has 0 saturated carbocycles. The third-order valence-electron chi connectivity index (χ3n) is 5.48. The fraction of sp³-hybridized carbons (Fsp3) is 0.850. The molecule has 9 heteroatoms. The average molecular weight is 411 g/mol. The van der Waals surface area contributed by atoms with Crippen molar-refractivity contribution < 1.29 is 14.0 Å². The maximum absolute atomic E-state index is 5.53. The first kappa shape index (κ1) is 23.6. The molecule has 0 aromatic carbocycles. The molecule has 0 radical (unpaired) electrons. The topological polar surface area (TPSA) is 97.0 Å². The Kier molecular flexibility index (Phi) is 10.4. The molecule has 1 aromatic heterocycles. The van der Waals surface area contributed by atoms with Crippen LogP contribution in [0.1, 0.15) is 58.4 Å². The molecule has 2 unspecified atom stereocenters. The lowest BCUT2D eigenvalue weighted by Gasteiger charge is -2.39. The number of rotatable bonds is 11. The summed E-state index contributed by atoms with van der Waals surface area (Å²) in [5, 5.41) is 10.7. The molecule has 1 aliphatic heterocycles. The number of hydrogen-bond acceptors (Lipinski definition) is 7. The Balaban J connectivity index is 1.88. The summed E-state index contributed by atoms with van der Waals surface area (Å²) in [6.45, 7) is 13.8. The molecular weight excluding hydrogens is 372 g/mol. The zero-order valence-corrected chi connectivity index (χ0v) is 18.6. The third kappa shape index (κ3) is 7.24. The van der Waals surface area contributed by atoms with Crippen molar-refractivity contribution >= 4 is 5.96 Å². The van der Waals surface area contributed by atoms with Gasteiger partial charge in [-0.1, -0.05) is 31.8 Å². The van der Waals surface area contributed by atoms with Crippen LogP contribution in [0, 0.1) is 5.92 Å². The summed E-state index contributed by atoms with van der Waals surface area (Å²) >= 11 is 0. The van der Waals surface area contributed by atoms with Gasteiger partial charge in [-0.25, -0.2) is 0 Å². The van der Waals surface area contributed by atoms with Crippen LogP contribution < -0.4 is 10.6 Å². The van der Waals surface area contributed by atoms with Gasteiger partial charge in [0.1, 0.15) is 6.10 Å². The molecule has 0 amide bonds. The minimum absolute atomic E-state index is 0.177. The number of ether oxygens (including phenoxy) is 2. The maximum Gasteiger partial charge on any atom is 0.246 e. The average Bonchev–Trinajstić information content (AvgIpc) is 3.23. The summed E-state index contributed by atoms with van der Waals surface area (Å²) in [5.74, 6) is 2.44. The molecule has 2 heterocycles. The van der Waals surface area contributed by atoms with E-state index in [9.17, 15) is 0 Å². The first-order valence-electron chi connectivity index (χ1n) is 10.8. The first-order valence-corrected chi connectivity index (χ1v) is 10.8. The van der Waals surface area contributed by atoms with E-state index in [0.29, 0.717) is 36.8 Å². The highest BCUT2D eigenvalue weighted by molar-refractivity contribution is 5.79. The van der Waals surface area contributed by atoms with E-state index in [1.165, 1.54) is 0 Å². The molecule has 166 valence electrons. The van der Waals surface area contributed by atoms with Gasteiger partial charge in [0.05, 0.1) is 19.8 Å². The van der Waals surface area contributed by atoms with Crippen LogP contribution in [0.25, 0.3) is 0 Å². The van der Waals surface area contributed by atoms with Crippen molar-refractivity contribution in [2.24, 2.45) is 10.9 Å². The first-order chi connectivity index (χ1) is 14.1. The van der Waals surface area contributed by atoms with E-state index in [1.54, 1.807) is 7.05 Å². The SMILES string of the molecule is CCOC(C)c1noc(CNC(=NC)NCC(C(CC)CC)N2CCOCC2)n1. The molecule has 2 atom stereocenters. The van der Waals surface area contributed by atoms with Gasteiger partial charge in [0.2, 0.25) is 5.89 Å². The highest BCUT2D eigenvalue weighted by atomic mass is 16.5. The molecule has 0 spiro atoms. The van der Waals surface area contributed by atoms with E-state index < -0.39 is 0 Å². The van der Waals surface area contributed by atoms with Gasteiger partial charge in [0, 0.05) is 39.3 Å². The predicted octanol–water partition coefficient (Wildman–Crippen LogP) is 1.97. The van der Waals surface area contributed by atoms with Crippen molar-refractivity contribution in [3.05, 3.63) is 11.7 Å². The quantitative estimate of drug-likeness (QED) is 0.422. The zero-order valence-electron chi connectivity index (χ0n) is 18.6. The normalized spacial score (nSPS) is 18.1. The van der Waals surface area contributed by atoms with Crippen molar-refractivity contribution in [1.82, 2.24) is 25.7 Å². The third-order valence-corrected chi connectivity index (χ3v) is 5.48. The van der Waals surface area contributed by atoms with Gasteiger partial charge >= 0.3 is 0 Å². The monoisotopic (exact) mass is 410 g/mol. The number of aliphatic imine (C=N–C) groups is 1. The number of guanidine groups is 1. The number of nitrogens with zero attached hydrogens (tertiary/aromatic N) is 4. The zero-order chi connectivity index (χ0) is 21.1. The highest BCUT2D eigenvalue weighted by Gasteiger charge is 2.27. The molecule has 2 rings (SSSR count). The maximum atomic E-state index is 5.53. The highest BCUT2D eigenvalue weighted by Crippen LogP contribution is 2.19. The summed E-state index contributed by atoms with van der Waals surface area (Å²) in [6, 6.07) is 0.453. The second kappa shape index (κ2) is 12.8. The van der Waals surface area contributed by atoms with Gasteiger partial charge in [-0.15, -0.1) is 0 Å². The van der Waals surface area contributed by atoms with Gasteiger partial charge in [-0.05, 0) is 19.8 Å². The molecule has 1 aliphatic rings. The molecule has 1 aromatic rings. The van der Waals surface area contributed by atoms with E-state index in [4.69, 9.17) is 14.0 Å². The Morgan fingerprint density at radius 2 is 1.93 bits per heavy atom. The standard InChI is InChI=1S/C20H38N6O3/c1-6-16(7-2)17(26-9-11-27-12-10-26)13-22-20(21-5)23-14-18-24-19(25-29-18)15(4)28-8-3/h15-17H,6-14H2,1-5H3,(H2,21,22,23). The summed E-state index contributed by atoms with van der Waals surface area (Å²) in [6.07, 6.45) is 2.15. The van der Waals surface area contributed by atoms with E-state index in [1.807, 2.05) is 13.8 Å². The van der Waals surface area contributed by atoms with Crippen LogP contribution in [0.15, 0.2) is 9.52 Å². The van der Waals surface area contributed by atoms with Crippen LogP contribution in [0.5, 0.6) is 0 Å². The molecular formula is C20H38N6O3. The van der Waals surface area contributed by atoms with Crippen LogP contribution in [-0.4, -0.2) is 73.5 Å². The van der Waals surface area contributed by atoms with Gasteiger partial charge in [0.15, 0.2) is 11.8 Å². The van der Waals surface area contributed by atoms with Crippen molar-refractivity contribution in [2.75, 3.05) is 46.5 Å². The smallest absolute Gasteiger partial charge is 0.246 e. The fourth-order valence-corrected chi connectivity index (χ4v) is 3.75. The number of morpholine rings is 1. The molecule has 0 aliphatic carbocycles. The summed E-state index contributed by atoms with van der Waals surface area (Å²) in [5.41, 5.74) is 0. The van der Waals surface area contributed by atoms with Crippen LogP contribution in [0.4, 0.5) is 0 Å². The largest absolute Gasteiger partial charge is 0.379 e. The van der Waals surface area contributed by atoms with Gasteiger partial charge < -0.3 is 24.6 Å². The summed E-state index contributed by atoms with van der Waals surface area (Å²) < 4.78 is 16.3. The second-order valence-corrected chi connectivity index (χ2v) is 7.24. The van der Waals surface area contributed by atoms with Crippen molar-refractivity contribution in [2.45, 2.75) is 59.2 Å². The van der Waals surface area contributed by atoms with Crippen molar-refractivity contribution in [3.63, 3.8) is 0 Å². The van der Waals surface area contributed by atoms with E-state index >= 15 is 0 Å². The lowest BCUT2D eigenvalue weighted by Crippen LogP contribution is -2.53. The van der Waals surface area contributed by atoms with Gasteiger partial charge in [0.25, 0.3) is 0 Å². The van der Waals surface area contributed by atoms with Crippen molar-refractivity contribution in [1.29, 1.82) is 0 Å². The number of nitrogens with one attached hydrogen (secondary N) is 2. The lowest BCUT2D eigenvalue weighted by atomic mass is 9.92. The van der Waals surface area contributed by atoms with E-state index in [2.05, 4.69) is 44.5 Å². The summed E-state index contributed by atoms with van der Waals surface area (Å²) in [4.78, 5) is 11.3. The van der Waals surface area contributed by atoms with E-state index in [0.717, 1.165) is 51.6 Å². The Labute approximate surface area is 174 Å². The second-order valence-electron chi connectivity index (χ2n) is 7.24. The van der Waals surface area contributed by atoms with Crippen molar-refractivity contribution in [3.8, 4) is 0 Å². The molecule has 9 nitrogen and oxygen atoms in total. The minimum Gasteiger partial charge on any atom is -0.379 e. The minimum atomic E-state index is -0.177.